The molecule has 3 N–H and O–H groups in total. The zero-order valence-corrected chi connectivity index (χ0v) is 13.9. The Morgan fingerprint density at radius 1 is 1.04 bits per heavy atom. The van der Waals surface area contributed by atoms with Gasteiger partial charge in [0.15, 0.2) is 0 Å². The summed E-state index contributed by atoms with van der Waals surface area (Å²) in [6.07, 6.45) is 1.02. The number of piperidine rings is 2. The zero-order chi connectivity index (χ0) is 17.1. The van der Waals surface area contributed by atoms with E-state index in [1.54, 1.807) is 0 Å². The van der Waals surface area contributed by atoms with Gasteiger partial charge in [-0.1, -0.05) is 0 Å². The predicted molar refractivity (Wildman–Crippen MR) is 90.4 cm³/mol. The van der Waals surface area contributed by atoms with Crippen LogP contribution < -0.4 is 4.90 Å². The molecule has 3 rings (SSSR count). The van der Waals surface area contributed by atoms with Gasteiger partial charge in [-0.3, -0.25) is 4.90 Å². The van der Waals surface area contributed by atoms with Crippen LogP contribution in [0, 0.1) is 11.7 Å². The first-order valence-electron chi connectivity index (χ1n) is 8.78. The Morgan fingerprint density at radius 3 is 2.33 bits per heavy atom. The number of anilines is 1. The number of β-amino-alcohol motifs (C(OH)–C–C–N with tert-alkyl or cyclic N) is 1. The van der Waals surface area contributed by atoms with Crippen LogP contribution in [-0.2, 0) is 0 Å². The molecule has 0 saturated carbocycles. The average molecular weight is 338 g/mol. The fraction of sp³-hybridized carbons (Fsp3) is 0.667. The maximum atomic E-state index is 13.0. The Bertz CT molecular complexity index is 520. The van der Waals surface area contributed by atoms with Gasteiger partial charge in [-0.15, -0.1) is 0 Å². The Balaban J connectivity index is 1.52. The normalized spacial score (nSPS) is 29.8. The summed E-state index contributed by atoms with van der Waals surface area (Å²) < 4.78 is 13.0. The van der Waals surface area contributed by atoms with Crippen molar-refractivity contribution in [3.05, 3.63) is 30.1 Å². The van der Waals surface area contributed by atoms with Crippen LogP contribution in [0.2, 0.25) is 0 Å². The van der Waals surface area contributed by atoms with E-state index in [1.807, 2.05) is 12.1 Å². The number of aliphatic hydroxyl groups excluding tert-OH is 3. The van der Waals surface area contributed by atoms with Gasteiger partial charge in [0.25, 0.3) is 0 Å². The van der Waals surface area contributed by atoms with Crippen LogP contribution in [0.4, 0.5) is 10.1 Å². The molecule has 2 heterocycles. The molecule has 0 spiro atoms. The first kappa shape index (κ1) is 17.6. The van der Waals surface area contributed by atoms with Gasteiger partial charge in [0.05, 0.1) is 18.8 Å². The lowest BCUT2D eigenvalue weighted by Gasteiger charge is -2.43. The molecule has 1 aromatic carbocycles. The van der Waals surface area contributed by atoms with Crippen molar-refractivity contribution in [1.82, 2.24) is 4.90 Å². The number of hydrogen-bond donors (Lipinski definition) is 3. The van der Waals surface area contributed by atoms with Crippen LogP contribution in [0.3, 0.4) is 0 Å². The van der Waals surface area contributed by atoms with Crippen molar-refractivity contribution in [2.45, 2.75) is 37.5 Å². The van der Waals surface area contributed by atoms with Crippen LogP contribution in [0.1, 0.15) is 19.3 Å². The van der Waals surface area contributed by atoms with E-state index < -0.39 is 12.2 Å². The van der Waals surface area contributed by atoms with E-state index in [1.165, 1.54) is 12.1 Å². The number of aliphatic hydroxyl groups is 3. The molecule has 5 nitrogen and oxygen atoms in total. The second kappa shape index (κ2) is 7.78. The van der Waals surface area contributed by atoms with Gasteiger partial charge in [-0.25, -0.2) is 4.39 Å². The van der Waals surface area contributed by atoms with E-state index in [9.17, 15) is 19.7 Å². The lowest BCUT2D eigenvalue weighted by atomic mass is 9.92. The smallest absolute Gasteiger partial charge is 0.123 e. The molecule has 0 bridgehead atoms. The topological polar surface area (TPSA) is 67.2 Å². The highest BCUT2D eigenvalue weighted by molar-refractivity contribution is 5.46. The summed E-state index contributed by atoms with van der Waals surface area (Å²) in [5.74, 6) is 0.299. The van der Waals surface area contributed by atoms with Crippen molar-refractivity contribution in [1.29, 1.82) is 0 Å². The molecule has 2 aliphatic rings. The molecule has 2 saturated heterocycles. The largest absolute Gasteiger partial charge is 0.395 e. The van der Waals surface area contributed by atoms with Gasteiger partial charge in [0.2, 0.25) is 0 Å². The fourth-order valence-corrected chi connectivity index (χ4v) is 3.87. The van der Waals surface area contributed by atoms with E-state index in [-0.39, 0.29) is 18.5 Å². The molecular formula is C18H27FN2O3. The molecule has 6 heteroatoms. The minimum atomic E-state index is -0.737. The highest BCUT2D eigenvalue weighted by atomic mass is 19.1. The molecule has 134 valence electrons. The van der Waals surface area contributed by atoms with Gasteiger partial charge < -0.3 is 20.2 Å². The maximum Gasteiger partial charge on any atom is 0.123 e. The summed E-state index contributed by atoms with van der Waals surface area (Å²) in [7, 11) is 0. The predicted octanol–water partition coefficient (Wildman–Crippen LogP) is 0.830. The summed E-state index contributed by atoms with van der Waals surface area (Å²) in [5.41, 5.74) is 1.06. The number of nitrogens with zero attached hydrogens (tertiary/aromatic N) is 2. The van der Waals surface area contributed by atoms with E-state index in [0.29, 0.717) is 18.9 Å². The van der Waals surface area contributed by atoms with Crippen molar-refractivity contribution >= 4 is 5.69 Å². The van der Waals surface area contributed by atoms with Crippen molar-refractivity contribution in [2.24, 2.45) is 5.92 Å². The molecule has 3 atom stereocenters. The van der Waals surface area contributed by atoms with Gasteiger partial charge in [-0.2, -0.15) is 0 Å². The lowest BCUT2D eigenvalue weighted by molar-refractivity contribution is -0.0752. The summed E-state index contributed by atoms with van der Waals surface area (Å²) in [5, 5.41) is 29.2. The second-order valence-electron chi connectivity index (χ2n) is 7.07. The van der Waals surface area contributed by atoms with Crippen molar-refractivity contribution in [3.63, 3.8) is 0 Å². The summed E-state index contributed by atoms with van der Waals surface area (Å²) in [4.78, 5) is 4.39. The van der Waals surface area contributed by atoms with Crippen molar-refractivity contribution in [2.75, 3.05) is 37.7 Å². The zero-order valence-electron chi connectivity index (χ0n) is 13.9. The van der Waals surface area contributed by atoms with Crippen molar-refractivity contribution in [3.8, 4) is 0 Å². The Kier molecular flexibility index (Phi) is 5.71. The standard InChI is InChI=1S/C18H27FN2O3/c19-14-1-3-15(4-2-14)20-7-5-13(6-8-20)10-21-11-18(24)17(23)9-16(21)12-22/h1-4,13,16-18,22-24H,5-12H2/t16-,17?,18+/m1/s1. The van der Waals surface area contributed by atoms with E-state index >= 15 is 0 Å². The molecule has 0 radical (unpaired) electrons. The Hall–Kier alpha value is -1.21. The monoisotopic (exact) mass is 338 g/mol. The second-order valence-corrected chi connectivity index (χ2v) is 7.07. The van der Waals surface area contributed by atoms with Crippen LogP contribution in [0.5, 0.6) is 0 Å². The third-order valence-corrected chi connectivity index (χ3v) is 5.41. The van der Waals surface area contributed by atoms with Gasteiger partial charge in [0, 0.05) is 37.9 Å². The summed E-state index contributed by atoms with van der Waals surface area (Å²) in [6.45, 7) is 3.13. The molecule has 1 unspecified atom stereocenters. The molecule has 2 fully saturated rings. The van der Waals surface area contributed by atoms with Gasteiger partial charge in [-0.05, 0) is 49.4 Å². The fourth-order valence-electron chi connectivity index (χ4n) is 3.87. The summed E-state index contributed by atoms with van der Waals surface area (Å²) in [6, 6.07) is 6.56. The van der Waals surface area contributed by atoms with E-state index in [0.717, 1.165) is 38.2 Å². The minimum Gasteiger partial charge on any atom is -0.395 e. The van der Waals surface area contributed by atoms with Crippen LogP contribution >= 0.6 is 0 Å². The number of halogens is 1. The first-order chi connectivity index (χ1) is 11.6. The van der Waals surface area contributed by atoms with E-state index in [2.05, 4.69) is 9.80 Å². The molecule has 24 heavy (non-hydrogen) atoms. The SMILES string of the molecule is OC[C@H]1CC(O)[C@@H](O)CN1CC1CCN(c2ccc(F)cc2)CC1. The quantitative estimate of drug-likeness (QED) is 0.759. The molecule has 1 aromatic rings. The number of rotatable bonds is 4. The minimum absolute atomic E-state index is 0.0121. The number of benzene rings is 1. The van der Waals surface area contributed by atoms with Crippen LogP contribution in [0.25, 0.3) is 0 Å². The Morgan fingerprint density at radius 2 is 1.71 bits per heavy atom. The highest BCUT2D eigenvalue weighted by Crippen LogP contribution is 2.26. The summed E-state index contributed by atoms with van der Waals surface area (Å²) >= 11 is 0. The number of likely N-dealkylation sites (tertiary alicyclic amines) is 1. The van der Waals surface area contributed by atoms with Gasteiger partial charge >= 0.3 is 0 Å². The highest BCUT2D eigenvalue weighted by Gasteiger charge is 2.34. The third-order valence-electron chi connectivity index (χ3n) is 5.41. The van der Waals surface area contributed by atoms with E-state index in [4.69, 9.17) is 0 Å². The average Bonchev–Trinajstić information content (AvgIpc) is 2.59. The van der Waals surface area contributed by atoms with Crippen LogP contribution in [-0.4, -0.2) is 71.3 Å². The number of hydrogen-bond acceptors (Lipinski definition) is 5. The van der Waals surface area contributed by atoms with Crippen molar-refractivity contribution < 1.29 is 19.7 Å². The third kappa shape index (κ3) is 4.06. The lowest BCUT2D eigenvalue weighted by Crippen LogP contribution is -2.55. The molecular weight excluding hydrogens is 311 g/mol. The Labute approximate surface area is 142 Å². The molecule has 0 aromatic heterocycles. The molecule has 2 aliphatic heterocycles. The molecule has 0 aliphatic carbocycles. The van der Waals surface area contributed by atoms with Gasteiger partial charge in [0.1, 0.15) is 5.82 Å². The maximum absolute atomic E-state index is 13.0. The molecule has 0 amide bonds. The first-order valence-corrected chi connectivity index (χ1v) is 8.78. The van der Waals surface area contributed by atoms with Crippen LogP contribution in [0.15, 0.2) is 24.3 Å².